The van der Waals surface area contributed by atoms with E-state index >= 15 is 0 Å². The van der Waals surface area contributed by atoms with Gasteiger partial charge in [-0.25, -0.2) is 0 Å². The van der Waals surface area contributed by atoms with Crippen LogP contribution < -0.4 is 0 Å². The molecule has 0 unspecified atom stereocenters. The molecule has 0 aromatic carbocycles. The van der Waals surface area contributed by atoms with E-state index in [1.807, 2.05) is 58.9 Å². The van der Waals surface area contributed by atoms with Crippen molar-refractivity contribution in [3.8, 4) is 0 Å². The number of fused-ring (bicyclic) bond motifs is 2. The number of hydrogen-bond acceptors (Lipinski definition) is 15. The van der Waals surface area contributed by atoms with Crippen molar-refractivity contribution in [2.75, 3.05) is 49.3 Å². The van der Waals surface area contributed by atoms with E-state index in [2.05, 4.69) is 19.9 Å². The number of Topliss-reactive ketones (excluding diaryl/α,β-unsaturated/α-hetero) is 1. The topological polar surface area (TPSA) is 165 Å². The van der Waals surface area contributed by atoms with Crippen molar-refractivity contribution >= 4 is 11.8 Å². The molecular weight excluding hydrogens is 780 g/mol. The number of carbonyl (C=O) groups excluding carboxylic acids is 2. The fourth-order valence-corrected chi connectivity index (χ4v) is 8.77. The van der Waals surface area contributed by atoms with Crippen LogP contribution in [-0.2, 0) is 66.4 Å². The Hall–Kier alpha value is -2.12. The second-order valence-corrected chi connectivity index (χ2v) is 17.5. The summed E-state index contributed by atoms with van der Waals surface area (Å²) in [7, 11) is 9.36. The van der Waals surface area contributed by atoms with Crippen LogP contribution in [0.25, 0.3) is 0 Å². The number of ether oxygens (including phenoxy) is 12. The number of allylic oxidation sites excluding steroid dienone is 5. The summed E-state index contributed by atoms with van der Waals surface area (Å²) >= 11 is 0. The van der Waals surface area contributed by atoms with Gasteiger partial charge in [0, 0.05) is 66.8 Å². The Kier molecular flexibility index (Phi) is 19.8. The van der Waals surface area contributed by atoms with E-state index in [4.69, 9.17) is 56.8 Å². The van der Waals surface area contributed by atoms with Crippen LogP contribution >= 0.6 is 0 Å². The Morgan fingerprint density at radius 2 is 1.37 bits per heavy atom. The zero-order valence-corrected chi connectivity index (χ0v) is 38.1. The predicted molar refractivity (Wildman–Crippen MR) is 221 cm³/mol. The predicted octanol–water partition coefficient (Wildman–Crippen LogP) is 4.75. The Bertz CT molecular complexity index is 1420. The zero-order valence-electron chi connectivity index (χ0n) is 38.1. The van der Waals surface area contributed by atoms with Gasteiger partial charge in [-0.05, 0) is 31.3 Å². The normalized spacial score (nSPS) is 41.3. The van der Waals surface area contributed by atoms with Crippen molar-refractivity contribution in [1.82, 2.24) is 0 Å². The SMILES string of the molecule is CO[C@H]1[C@H](OC)[C@H](O[C@@H]2[C@@H](OC)[C@H](O[C@H]3C[C@H]4CC(=O)[C@H](OC)[C@H](C)C[C@@H](O)C(C)(C)[C@@H](/C=C/C=C/C=C/C(C)C)OC(=O)C[C@H](O4)[C@@H]3C)OC[C@H]2OC)O[C@@H](C)[C@H]1OC. The molecule has 0 saturated carbocycles. The van der Waals surface area contributed by atoms with E-state index in [1.165, 1.54) is 7.11 Å². The standard InChI is InChI=1S/C45H74O15/c1-25(2)18-16-14-15-17-19-35-45(6,7)34(47)20-26(3)37(50-9)30(46)21-29-22-31(27(4)32(57-29)23-36(48)59-35)58-43-41(53-12)39(33(49-8)24-55-43)60-44-42(54-13)40(52-11)38(51-10)28(5)56-44/h14-19,25-29,31-35,37-44,47H,20-24H2,1-13H3/b15-14+,18-16+,19-17+/t26-,27-,28+,29-,31+,32+,33-,34-,35-,37-,38-,39+,40-,41-,42+,43+,44+/m1/s1. The second kappa shape index (κ2) is 23.5. The minimum atomic E-state index is -0.939. The van der Waals surface area contributed by atoms with Crippen LogP contribution in [0.15, 0.2) is 36.5 Å². The number of aliphatic hydroxyl groups excluding tert-OH is 1. The Balaban J connectivity index is 1.62. The lowest BCUT2D eigenvalue weighted by Crippen LogP contribution is -2.64. The minimum Gasteiger partial charge on any atom is -0.457 e. The molecule has 2 bridgehead atoms. The first kappa shape index (κ1) is 50.5. The molecular formula is C45H74O15. The molecule has 344 valence electrons. The lowest BCUT2D eigenvalue weighted by atomic mass is 9.75. The van der Waals surface area contributed by atoms with Gasteiger partial charge in [-0.2, -0.15) is 0 Å². The first-order valence-electron chi connectivity index (χ1n) is 21.4. The molecule has 0 aliphatic carbocycles. The average Bonchev–Trinajstić information content (AvgIpc) is 3.19. The van der Waals surface area contributed by atoms with Gasteiger partial charge in [0.05, 0.1) is 43.5 Å². The molecule has 4 rings (SSSR count). The molecule has 4 aliphatic rings. The fourth-order valence-electron chi connectivity index (χ4n) is 8.77. The van der Waals surface area contributed by atoms with Crippen molar-refractivity contribution in [3.63, 3.8) is 0 Å². The average molecular weight is 855 g/mol. The summed E-state index contributed by atoms with van der Waals surface area (Å²) < 4.78 is 73.8. The zero-order chi connectivity index (χ0) is 44.3. The molecule has 4 aliphatic heterocycles. The van der Waals surface area contributed by atoms with E-state index in [9.17, 15) is 14.7 Å². The Morgan fingerprint density at radius 1 is 0.717 bits per heavy atom. The molecule has 0 aromatic heterocycles. The summed E-state index contributed by atoms with van der Waals surface area (Å²) in [5.74, 6) is -0.977. The van der Waals surface area contributed by atoms with E-state index in [0.29, 0.717) is 12.3 Å². The minimum absolute atomic E-state index is 0.0128. The number of rotatable bonds is 14. The molecule has 60 heavy (non-hydrogen) atoms. The first-order valence-corrected chi connectivity index (χ1v) is 21.4. The summed E-state index contributed by atoms with van der Waals surface area (Å²) in [5, 5.41) is 11.6. The van der Waals surface area contributed by atoms with Crippen LogP contribution in [0.1, 0.15) is 74.1 Å². The van der Waals surface area contributed by atoms with E-state index < -0.39 is 97.2 Å². The molecule has 0 radical (unpaired) electrons. The van der Waals surface area contributed by atoms with Crippen molar-refractivity contribution in [1.29, 1.82) is 0 Å². The summed E-state index contributed by atoms with van der Waals surface area (Å²) in [4.78, 5) is 27.9. The van der Waals surface area contributed by atoms with Crippen LogP contribution in [0.3, 0.4) is 0 Å². The van der Waals surface area contributed by atoms with Crippen LogP contribution in [0.4, 0.5) is 0 Å². The van der Waals surface area contributed by atoms with E-state index in [0.717, 1.165) is 0 Å². The number of aliphatic hydroxyl groups is 1. The smallest absolute Gasteiger partial charge is 0.309 e. The van der Waals surface area contributed by atoms with Crippen molar-refractivity contribution in [2.24, 2.45) is 23.2 Å². The molecule has 4 saturated heterocycles. The van der Waals surface area contributed by atoms with Crippen molar-refractivity contribution in [3.05, 3.63) is 36.5 Å². The number of methoxy groups -OCH3 is 6. The van der Waals surface area contributed by atoms with Crippen LogP contribution in [0, 0.1) is 23.2 Å². The van der Waals surface area contributed by atoms with Gasteiger partial charge in [0.2, 0.25) is 0 Å². The van der Waals surface area contributed by atoms with Gasteiger partial charge in [-0.15, -0.1) is 0 Å². The quantitative estimate of drug-likeness (QED) is 0.188. The van der Waals surface area contributed by atoms with E-state index in [-0.39, 0.29) is 49.6 Å². The van der Waals surface area contributed by atoms with Gasteiger partial charge in [-0.1, -0.05) is 71.9 Å². The Morgan fingerprint density at radius 3 is 1.98 bits per heavy atom. The van der Waals surface area contributed by atoms with Gasteiger partial charge in [0.25, 0.3) is 0 Å². The summed E-state index contributed by atoms with van der Waals surface area (Å²) in [5.41, 5.74) is -0.924. The largest absolute Gasteiger partial charge is 0.457 e. The molecule has 4 heterocycles. The van der Waals surface area contributed by atoms with Gasteiger partial charge in [-0.3, -0.25) is 9.59 Å². The number of carbonyl (C=O) groups is 2. The van der Waals surface area contributed by atoms with Gasteiger partial charge in [0.1, 0.15) is 48.8 Å². The number of cyclic esters (lactones) is 1. The molecule has 17 atom stereocenters. The molecule has 15 nitrogen and oxygen atoms in total. The Labute approximate surface area is 357 Å². The van der Waals surface area contributed by atoms with Gasteiger partial charge >= 0.3 is 5.97 Å². The highest BCUT2D eigenvalue weighted by Crippen LogP contribution is 2.39. The molecule has 0 aromatic rings. The molecule has 1 N–H and O–H groups in total. The monoisotopic (exact) mass is 855 g/mol. The van der Waals surface area contributed by atoms with Gasteiger partial charge in [0.15, 0.2) is 18.4 Å². The maximum absolute atomic E-state index is 14.0. The van der Waals surface area contributed by atoms with Crippen molar-refractivity contribution < 1.29 is 71.5 Å². The maximum atomic E-state index is 14.0. The summed E-state index contributed by atoms with van der Waals surface area (Å²) in [6.07, 6.45) is 1.66. The molecule has 0 amide bonds. The second-order valence-electron chi connectivity index (χ2n) is 17.5. The highest BCUT2D eigenvalue weighted by molar-refractivity contribution is 5.83. The molecule has 0 spiro atoms. The highest BCUT2D eigenvalue weighted by Gasteiger charge is 2.52. The third kappa shape index (κ3) is 12.5. The lowest BCUT2D eigenvalue weighted by Gasteiger charge is -2.48. The maximum Gasteiger partial charge on any atom is 0.309 e. The third-order valence-electron chi connectivity index (χ3n) is 12.6. The first-order chi connectivity index (χ1) is 28.5. The van der Waals surface area contributed by atoms with Gasteiger partial charge < -0.3 is 61.9 Å². The van der Waals surface area contributed by atoms with Crippen molar-refractivity contribution in [2.45, 2.75) is 166 Å². The molecule has 4 fully saturated rings. The summed E-state index contributed by atoms with van der Waals surface area (Å²) in [6, 6.07) is 0. The van der Waals surface area contributed by atoms with Crippen LogP contribution in [0.2, 0.25) is 0 Å². The lowest BCUT2D eigenvalue weighted by molar-refractivity contribution is -0.359. The highest BCUT2D eigenvalue weighted by atomic mass is 16.8. The number of hydrogen-bond donors (Lipinski definition) is 1. The third-order valence-corrected chi connectivity index (χ3v) is 12.6. The van der Waals surface area contributed by atoms with Crippen LogP contribution in [-0.4, -0.2) is 158 Å². The van der Waals surface area contributed by atoms with E-state index in [1.54, 1.807) is 41.6 Å². The summed E-state index contributed by atoms with van der Waals surface area (Å²) in [6.45, 7) is 13.7. The number of ketones is 1. The fraction of sp³-hybridized carbons (Fsp3) is 0.822. The van der Waals surface area contributed by atoms with Crippen LogP contribution in [0.5, 0.6) is 0 Å². The molecule has 15 heteroatoms. The number of esters is 1.